The zero-order valence-corrected chi connectivity index (χ0v) is 18.6. The highest BCUT2D eigenvalue weighted by atomic mass is 32.2. The SMILES string of the molecule is CC(CCOC(=O)C(CC(=O)OCCCC(F)(F)C(F)(F)F)S(=O)(=O)O)CC(C)(C)C. The van der Waals surface area contributed by atoms with Crippen LogP contribution in [0.5, 0.6) is 0 Å². The Morgan fingerprint density at radius 2 is 1.55 bits per heavy atom. The van der Waals surface area contributed by atoms with Gasteiger partial charge in [-0.3, -0.25) is 14.1 Å². The summed E-state index contributed by atoms with van der Waals surface area (Å²) in [6, 6.07) is 0. The van der Waals surface area contributed by atoms with Crippen molar-refractivity contribution in [2.45, 2.75) is 77.1 Å². The minimum Gasteiger partial charge on any atom is -0.466 e. The van der Waals surface area contributed by atoms with E-state index in [0.717, 1.165) is 6.42 Å². The van der Waals surface area contributed by atoms with Gasteiger partial charge in [0.05, 0.1) is 19.6 Å². The molecule has 31 heavy (non-hydrogen) atoms. The molecule has 0 aromatic rings. The fraction of sp³-hybridized carbons (Fsp3) is 0.889. The molecule has 0 bridgehead atoms. The number of rotatable bonds is 12. The molecule has 0 rings (SSSR count). The van der Waals surface area contributed by atoms with E-state index in [2.05, 4.69) is 4.74 Å². The monoisotopic (exact) mass is 484 g/mol. The lowest BCUT2D eigenvalue weighted by atomic mass is 9.84. The molecule has 2 unspecified atom stereocenters. The normalized spacial score (nSPS) is 15.3. The van der Waals surface area contributed by atoms with Crippen LogP contribution in [-0.4, -0.2) is 55.5 Å². The van der Waals surface area contributed by atoms with E-state index in [4.69, 9.17) is 9.29 Å². The second-order valence-electron chi connectivity index (χ2n) is 8.56. The highest BCUT2D eigenvalue weighted by Gasteiger charge is 2.56. The maximum absolute atomic E-state index is 12.8. The van der Waals surface area contributed by atoms with Crippen molar-refractivity contribution in [1.29, 1.82) is 0 Å². The topological polar surface area (TPSA) is 107 Å². The molecule has 0 amide bonds. The van der Waals surface area contributed by atoms with Crippen molar-refractivity contribution in [2.75, 3.05) is 13.2 Å². The molecular formula is C18H29F5O7S. The number of alkyl halides is 5. The third-order valence-electron chi connectivity index (χ3n) is 4.10. The average Bonchev–Trinajstić information content (AvgIpc) is 2.52. The molecule has 0 saturated carbocycles. The lowest BCUT2D eigenvalue weighted by molar-refractivity contribution is -0.285. The summed E-state index contributed by atoms with van der Waals surface area (Å²) in [6.45, 7) is 6.92. The number of halogens is 5. The molecule has 0 aromatic heterocycles. The number of ether oxygens (including phenoxy) is 2. The molecule has 0 aromatic carbocycles. The van der Waals surface area contributed by atoms with Crippen molar-refractivity contribution in [3.05, 3.63) is 0 Å². The number of esters is 2. The summed E-state index contributed by atoms with van der Waals surface area (Å²) in [6.07, 6.45) is -8.22. The standard InChI is InChI=1S/C18H29F5O7S/c1-12(11-16(2,3)4)6-9-30-15(25)13(31(26,27)28)10-14(24)29-8-5-7-17(19,20)18(21,22)23/h12-13H,5-11H2,1-4H3,(H,26,27,28). The molecule has 1 N–H and O–H groups in total. The van der Waals surface area contributed by atoms with Gasteiger partial charge in [-0.15, -0.1) is 0 Å². The molecule has 0 aliphatic carbocycles. The van der Waals surface area contributed by atoms with Crippen LogP contribution < -0.4 is 0 Å². The van der Waals surface area contributed by atoms with Crippen molar-refractivity contribution >= 4 is 22.1 Å². The van der Waals surface area contributed by atoms with E-state index in [1.807, 2.05) is 27.7 Å². The van der Waals surface area contributed by atoms with Crippen LogP contribution in [-0.2, 0) is 29.2 Å². The van der Waals surface area contributed by atoms with E-state index in [-0.39, 0.29) is 17.9 Å². The minimum absolute atomic E-state index is 0.0220. The molecule has 13 heteroatoms. The first-order chi connectivity index (χ1) is 13.8. The minimum atomic E-state index is -5.75. The molecule has 0 aliphatic rings. The van der Waals surface area contributed by atoms with Gasteiger partial charge in [-0.05, 0) is 30.6 Å². The zero-order chi connectivity index (χ0) is 24.7. The Labute approximate surface area is 178 Å². The van der Waals surface area contributed by atoms with Crippen LogP contribution in [0.4, 0.5) is 22.0 Å². The third kappa shape index (κ3) is 12.2. The zero-order valence-electron chi connectivity index (χ0n) is 17.8. The summed E-state index contributed by atoms with van der Waals surface area (Å²) < 4.78 is 103. The van der Waals surface area contributed by atoms with Crippen LogP contribution in [0.2, 0.25) is 0 Å². The first-order valence-electron chi connectivity index (χ1n) is 9.49. The molecule has 0 spiro atoms. The number of carbonyl (C=O) groups is 2. The Kier molecular flexibility index (Phi) is 10.8. The molecule has 0 radical (unpaired) electrons. The first-order valence-corrected chi connectivity index (χ1v) is 11.0. The van der Waals surface area contributed by atoms with Crippen molar-refractivity contribution in [1.82, 2.24) is 0 Å². The lowest BCUT2D eigenvalue weighted by Gasteiger charge is -2.23. The second kappa shape index (κ2) is 11.4. The second-order valence-corrected chi connectivity index (χ2v) is 10.2. The maximum atomic E-state index is 12.8. The van der Waals surface area contributed by atoms with E-state index < -0.39 is 65.3 Å². The molecule has 0 aliphatic heterocycles. The van der Waals surface area contributed by atoms with Gasteiger partial charge in [-0.2, -0.15) is 30.4 Å². The van der Waals surface area contributed by atoms with Gasteiger partial charge >= 0.3 is 24.0 Å². The van der Waals surface area contributed by atoms with Gasteiger partial charge in [-0.1, -0.05) is 27.7 Å². The van der Waals surface area contributed by atoms with E-state index in [9.17, 15) is 40.0 Å². The van der Waals surface area contributed by atoms with Crippen LogP contribution in [0.25, 0.3) is 0 Å². The Hall–Kier alpha value is -1.50. The Morgan fingerprint density at radius 3 is 2.00 bits per heavy atom. The van der Waals surface area contributed by atoms with Crippen molar-refractivity contribution in [2.24, 2.45) is 11.3 Å². The van der Waals surface area contributed by atoms with Gasteiger partial charge in [-0.25, -0.2) is 0 Å². The maximum Gasteiger partial charge on any atom is 0.453 e. The van der Waals surface area contributed by atoms with Gasteiger partial charge in [0.25, 0.3) is 10.1 Å². The fourth-order valence-corrected chi connectivity index (χ4v) is 3.40. The van der Waals surface area contributed by atoms with E-state index >= 15 is 0 Å². The third-order valence-corrected chi connectivity index (χ3v) is 5.18. The van der Waals surface area contributed by atoms with Crippen LogP contribution in [0, 0.1) is 11.3 Å². The van der Waals surface area contributed by atoms with Crippen molar-refractivity contribution in [3.8, 4) is 0 Å². The molecule has 0 heterocycles. The number of carbonyl (C=O) groups excluding carboxylic acids is 2. The largest absolute Gasteiger partial charge is 0.466 e. The molecule has 2 atom stereocenters. The average molecular weight is 484 g/mol. The number of hydrogen-bond acceptors (Lipinski definition) is 6. The van der Waals surface area contributed by atoms with E-state index in [1.54, 1.807) is 0 Å². The summed E-state index contributed by atoms with van der Waals surface area (Å²) in [5, 5.41) is -2.30. The summed E-state index contributed by atoms with van der Waals surface area (Å²) in [5.41, 5.74) is 0.0220. The smallest absolute Gasteiger partial charge is 0.453 e. The van der Waals surface area contributed by atoms with Crippen LogP contribution in [0.3, 0.4) is 0 Å². The number of hydrogen-bond donors (Lipinski definition) is 1. The van der Waals surface area contributed by atoms with Gasteiger partial charge < -0.3 is 9.47 Å². The molecule has 0 saturated heterocycles. The Balaban J connectivity index is 4.63. The van der Waals surface area contributed by atoms with Gasteiger partial charge in [0.2, 0.25) is 0 Å². The van der Waals surface area contributed by atoms with E-state index in [1.165, 1.54) is 0 Å². The molecule has 184 valence electrons. The first kappa shape index (κ1) is 29.5. The molecule has 0 fully saturated rings. The van der Waals surface area contributed by atoms with Gasteiger partial charge in [0.15, 0.2) is 5.25 Å². The van der Waals surface area contributed by atoms with Crippen molar-refractivity contribution < 1.29 is 54.0 Å². The van der Waals surface area contributed by atoms with Crippen LogP contribution >= 0.6 is 0 Å². The van der Waals surface area contributed by atoms with Gasteiger partial charge in [0, 0.05) is 6.42 Å². The summed E-state index contributed by atoms with van der Waals surface area (Å²) in [5.74, 6) is -7.61. The van der Waals surface area contributed by atoms with E-state index in [0.29, 0.717) is 6.42 Å². The lowest BCUT2D eigenvalue weighted by Crippen LogP contribution is -2.36. The molecular weight excluding hydrogens is 455 g/mol. The predicted octanol–water partition coefficient (Wildman–Crippen LogP) is 4.16. The highest BCUT2D eigenvalue weighted by molar-refractivity contribution is 7.87. The molecule has 7 nitrogen and oxygen atoms in total. The van der Waals surface area contributed by atoms with Gasteiger partial charge in [0.1, 0.15) is 0 Å². The summed E-state index contributed by atoms with van der Waals surface area (Å²) in [4.78, 5) is 23.6. The van der Waals surface area contributed by atoms with Crippen LogP contribution in [0.1, 0.15) is 59.8 Å². The highest BCUT2D eigenvalue weighted by Crippen LogP contribution is 2.38. The quantitative estimate of drug-likeness (QED) is 0.192. The van der Waals surface area contributed by atoms with Crippen LogP contribution in [0.15, 0.2) is 0 Å². The fourth-order valence-electron chi connectivity index (χ4n) is 2.74. The van der Waals surface area contributed by atoms with Crippen molar-refractivity contribution in [3.63, 3.8) is 0 Å². The Bertz CT molecular complexity index is 699. The predicted molar refractivity (Wildman–Crippen MR) is 100.0 cm³/mol. The summed E-state index contributed by atoms with van der Waals surface area (Å²) >= 11 is 0. The summed E-state index contributed by atoms with van der Waals surface area (Å²) in [7, 11) is -5.06. The Morgan fingerprint density at radius 1 is 1.00 bits per heavy atom.